The largest absolute Gasteiger partial charge is 0.342 e. The first-order chi connectivity index (χ1) is 14.8. The van der Waals surface area contributed by atoms with Crippen molar-refractivity contribution in [3.63, 3.8) is 0 Å². The fourth-order valence-corrected chi connectivity index (χ4v) is 4.13. The number of benzene rings is 2. The summed E-state index contributed by atoms with van der Waals surface area (Å²) >= 11 is 5.68. The highest BCUT2D eigenvalue weighted by Gasteiger charge is 2.35. The highest BCUT2D eigenvalue weighted by molar-refractivity contribution is 6.36. The third-order valence-corrected chi connectivity index (χ3v) is 5.80. The first kappa shape index (κ1) is 22.7. The van der Waals surface area contributed by atoms with E-state index >= 15 is 0 Å². The van der Waals surface area contributed by atoms with Crippen molar-refractivity contribution >= 4 is 29.3 Å². The fourth-order valence-electron chi connectivity index (χ4n) is 4.01. The summed E-state index contributed by atoms with van der Waals surface area (Å²) in [5, 5.41) is 2.84. The summed E-state index contributed by atoms with van der Waals surface area (Å²) in [5.74, 6) is -1.89. The van der Waals surface area contributed by atoms with Gasteiger partial charge in [0.15, 0.2) is 0 Å². The van der Waals surface area contributed by atoms with Crippen LogP contribution in [0.15, 0.2) is 36.4 Å². The number of hydrogen-bond donors (Lipinski definition) is 4. The number of amides is 1. The summed E-state index contributed by atoms with van der Waals surface area (Å²) in [4.78, 5) is 28.1. The van der Waals surface area contributed by atoms with Gasteiger partial charge in [-0.25, -0.2) is 4.39 Å². The number of fused-ring (bicyclic) bond motifs is 1. The molecule has 8 heteroatoms. The monoisotopic (exact) mass is 445 g/mol. The van der Waals surface area contributed by atoms with Crippen LogP contribution in [0, 0.1) is 11.7 Å². The Morgan fingerprint density at radius 1 is 1.19 bits per heavy atom. The molecule has 0 unspecified atom stereocenters. The molecular formula is C23H27ClFN4O2+. The number of carbonyl (C=O) groups excluding carboxylic acids is 2. The molecule has 2 aromatic rings. The van der Waals surface area contributed by atoms with Crippen LogP contribution in [0.4, 0.5) is 4.39 Å². The van der Waals surface area contributed by atoms with Crippen LogP contribution in [0.1, 0.15) is 41.6 Å². The second kappa shape index (κ2) is 9.92. The highest BCUT2D eigenvalue weighted by Crippen LogP contribution is 2.36. The molecule has 0 radical (unpaired) electrons. The van der Waals surface area contributed by atoms with E-state index in [0.29, 0.717) is 12.1 Å². The lowest BCUT2D eigenvalue weighted by atomic mass is 9.99. The van der Waals surface area contributed by atoms with Gasteiger partial charge in [0, 0.05) is 12.3 Å². The maximum atomic E-state index is 13.6. The van der Waals surface area contributed by atoms with Crippen molar-refractivity contribution in [2.75, 3.05) is 6.54 Å². The van der Waals surface area contributed by atoms with Gasteiger partial charge in [-0.2, -0.15) is 0 Å². The molecule has 2 aromatic carbocycles. The smallest absolute Gasteiger partial charge is 0.338 e. The molecule has 6 nitrogen and oxygen atoms in total. The molecule has 0 saturated carbocycles. The molecule has 3 rings (SSSR count). The molecule has 0 aromatic heterocycles. The van der Waals surface area contributed by atoms with Crippen molar-refractivity contribution < 1.29 is 19.0 Å². The SMILES string of the molecule is CCCc1ccc2c(c1)C[C@H](C[NH+]=C(N)N)[C@H]2NC(=O)C(=O)Cc1ccc(Cl)c(F)c1. The van der Waals surface area contributed by atoms with Gasteiger partial charge < -0.3 is 5.32 Å². The Hall–Kier alpha value is -2.93. The van der Waals surface area contributed by atoms with E-state index in [1.54, 1.807) is 0 Å². The molecule has 0 bridgehead atoms. The molecule has 0 heterocycles. The van der Waals surface area contributed by atoms with Crippen LogP contribution in [0.25, 0.3) is 0 Å². The van der Waals surface area contributed by atoms with Crippen LogP contribution in [-0.2, 0) is 28.9 Å². The number of rotatable bonds is 8. The Balaban J connectivity index is 1.77. The minimum atomic E-state index is -0.708. The van der Waals surface area contributed by atoms with E-state index in [0.717, 1.165) is 30.4 Å². The van der Waals surface area contributed by atoms with Gasteiger partial charge >= 0.3 is 5.96 Å². The van der Waals surface area contributed by atoms with Crippen LogP contribution < -0.4 is 21.8 Å². The number of Topliss-reactive ketones (excluding diaryl/α,β-unsaturated/α-hetero) is 1. The number of hydrogen-bond acceptors (Lipinski definition) is 2. The molecule has 0 fully saturated rings. The van der Waals surface area contributed by atoms with Crippen LogP contribution in [-0.4, -0.2) is 24.2 Å². The molecule has 1 aliphatic carbocycles. The summed E-state index contributed by atoms with van der Waals surface area (Å²) in [6, 6.07) is 9.94. The molecule has 0 spiro atoms. The number of ketones is 1. The van der Waals surface area contributed by atoms with Gasteiger partial charge in [0.2, 0.25) is 5.78 Å². The summed E-state index contributed by atoms with van der Waals surface area (Å²) < 4.78 is 13.6. The zero-order chi connectivity index (χ0) is 22.5. The number of carbonyl (C=O) groups is 2. The normalized spacial score (nSPS) is 17.1. The van der Waals surface area contributed by atoms with Crippen LogP contribution in [0.3, 0.4) is 0 Å². The maximum absolute atomic E-state index is 13.6. The van der Waals surface area contributed by atoms with Crippen molar-refractivity contribution in [2.45, 2.75) is 38.6 Å². The van der Waals surface area contributed by atoms with E-state index < -0.39 is 17.5 Å². The van der Waals surface area contributed by atoms with E-state index in [1.165, 1.54) is 23.8 Å². The first-order valence-corrected chi connectivity index (χ1v) is 10.7. The van der Waals surface area contributed by atoms with Crippen molar-refractivity contribution in [1.82, 2.24) is 5.32 Å². The van der Waals surface area contributed by atoms with Crippen molar-refractivity contribution in [1.29, 1.82) is 0 Å². The molecule has 2 atom stereocenters. The Morgan fingerprint density at radius 2 is 1.94 bits per heavy atom. The molecule has 6 N–H and O–H groups in total. The van der Waals surface area contributed by atoms with Gasteiger partial charge in [-0.3, -0.25) is 26.0 Å². The Morgan fingerprint density at radius 3 is 2.61 bits per heavy atom. The summed E-state index contributed by atoms with van der Waals surface area (Å²) in [6.07, 6.45) is 2.55. The number of nitrogens with two attached hydrogens (primary N) is 2. The first-order valence-electron chi connectivity index (χ1n) is 10.3. The van der Waals surface area contributed by atoms with Gasteiger partial charge in [-0.05, 0) is 47.2 Å². The maximum Gasteiger partial charge on any atom is 0.338 e. The summed E-state index contributed by atoms with van der Waals surface area (Å²) in [6.45, 7) is 2.59. The van der Waals surface area contributed by atoms with Gasteiger partial charge in [-0.15, -0.1) is 0 Å². The van der Waals surface area contributed by atoms with E-state index in [2.05, 4.69) is 29.4 Å². The second-order valence-electron chi connectivity index (χ2n) is 7.88. The average molecular weight is 446 g/mol. The van der Waals surface area contributed by atoms with Gasteiger partial charge in [0.1, 0.15) is 5.82 Å². The van der Waals surface area contributed by atoms with Gasteiger partial charge in [-0.1, -0.05) is 49.2 Å². The third kappa shape index (κ3) is 5.61. The lowest BCUT2D eigenvalue weighted by molar-refractivity contribution is -0.468. The lowest BCUT2D eigenvalue weighted by Crippen LogP contribution is -2.79. The van der Waals surface area contributed by atoms with Crippen LogP contribution in [0.2, 0.25) is 5.02 Å². The number of guanidine groups is 1. The van der Waals surface area contributed by atoms with Gasteiger partial charge in [0.05, 0.1) is 17.6 Å². The van der Waals surface area contributed by atoms with Crippen LogP contribution >= 0.6 is 11.6 Å². The topological polar surface area (TPSA) is 112 Å². The van der Waals surface area contributed by atoms with Crippen molar-refractivity contribution in [2.24, 2.45) is 17.4 Å². The third-order valence-electron chi connectivity index (χ3n) is 5.49. The highest BCUT2D eigenvalue weighted by atomic mass is 35.5. The van der Waals surface area contributed by atoms with E-state index in [1.807, 2.05) is 6.07 Å². The lowest BCUT2D eigenvalue weighted by Gasteiger charge is -2.20. The minimum absolute atomic E-state index is 0.0151. The summed E-state index contributed by atoms with van der Waals surface area (Å²) in [7, 11) is 0. The zero-order valence-electron chi connectivity index (χ0n) is 17.4. The Bertz CT molecular complexity index is 1020. The minimum Gasteiger partial charge on any atom is -0.342 e. The average Bonchev–Trinajstić information content (AvgIpc) is 3.06. The molecule has 0 saturated heterocycles. The molecule has 1 amide bonds. The molecule has 31 heavy (non-hydrogen) atoms. The van der Waals surface area contributed by atoms with Crippen molar-refractivity contribution in [3.05, 3.63) is 69.5 Å². The van der Waals surface area contributed by atoms with E-state index in [4.69, 9.17) is 23.1 Å². The van der Waals surface area contributed by atoms with Gasteiger partial charge in [0.25, 0.3) is 5.91 Å². The Labute approximate surface area is 185 Å². The fraction of sp³-hybridized carbons (Fsp3) is 0.348. The van der Waals surface area contributed by atoms with Crippen LogP contribution in [0.5, 0.6) is 0 Å². The zero-order valence-corrected chi connectivity index (χ0v) is 18.1. The number of nitrogens with one attached hydrogen (secondary N) is 2. The summed E-state index contributed by atoms with van der Waals surface area (Å²) in [5.41, 5.74) is 14.9. The van der Waals surface area contributed by atoms with E-state index in [-0.39, 0.29) is 29.4 Å². The predicted molar refractivity (Wildman–Crippen MR) is 118 cm³/mol. The van der Waals surface area contributed by atoms with Crippen molar-refractivity contribution in [3.8, 4) is 0 Å². The molecule has 0 aliphatic heterocycles. The standard InChI is InChI=1S/C23H26ClFN4O2/c1-2-3-13-4-6-17-15(8-13)11-16(12-28-23(26)27)21(17)29-22(31)20(30)10-14-5-7-18(24)19(25)9-14/h4-9,16,21H,2-3,10-12H2,1H3,(H,29,31)(H4,26,27,28)/p+1/t16-,21-/m1/s1. The molecule has 1 aliphatic rings. The van der Waals surface area contributed by atoms with E-state index in [9.17, 15) is 14.0 Å². The predicted octanol–water partition coefficient (Wildman–Crippen LogP) is 0.927. The number of halogens is 2. The Kier molecular flexibility index (Phi) is 7.28. The quantitative estimate of drug-likeness (QED) is 0.275. The molecular weight excluding hydrogens is 419 g/mol. The molecule has 164 valence electrons. The number of aryl methyl sites for hydroxylation is 1. The second-order valence-corrected chi connectivity index (χ2v) is 8.29.